The van der Waals surface area contributed by atoms with Crippen LogP contribution in [0.15, 0.2) is 0 Å². The Hall–Kier alpha value is -1.94. The highest BCUT2D eigenvalue weighted by Crippen LogP contribution is 2.45. The first-order valence-corrected chi connectivity index (χ1v) is 40.9. The predicted molar refractivity (Wildman–Crippen MR) is 372 cm³/mol. The van der Waals surface area contributed by atoms with E-state index in [9.17, 15) is 43.2 Å². The highest BCUT2D eigenvalue weighted by atomic mass is 31.2. The molecule has 0 aliphatic rings. The smallest absolute Gasteiger partial charge is 0.462 e. The zero-order valence-electron chi connectivity index (χ0n) is 60.0. The lowest BCUT2D eigenvalue weighted by Gasteiger charge is -2.21. The molecule has 0 saturated carbocycles. The second-order valence-electron chi connectivity index (χ2n) is 27.3. The molecule has 17 nitrogen and oxygen atoms in total. The molecule has 0 aromatic rings. The van der Waals surface area contributed by atoms with Crippen LogP contribution < -0.4 is 0 Å². The molecule has 0 aliphatic heterocycles. The van der Waals surface area contributed by atoms with Gasteiger partial charge in [0, 0.05) is 25.7 Å². The van der Waals surface area contributed by atoms with Crippen molar-refractivity contribution < 1.29 is 80.2 Å². The number of carbonyl (C=O) groups is 4. The summed E-state index contributed by atoms with van der Waals surface area (Å²) in [5.41, 5.74) is 0. The number of hydrogen-bond donors (Lipinski definition) is 3. The topological polar surface area (TPSA) is 237 Å². The SMILES string of the molecule is CCCCCCCCCCCCC(=O)OC[C@H](COP(=O)(O)OC[C@H](O)COP(=O)(O)OC[C@@H](COC(=O)CCCCCCCCCC(C)C)OC(=O)CCCCCCCCCCCCCCCCCCCCC(C)CC)OC(=O)CCCCCCCCC(C)CC. The van der Waals surface area contributed by atoms with Crippen molar-refractivity contribution in [3.05, 3.63) is 0 Å². The summed E-state index contributed by atoms with van der Waals surface area (Å²) in [7, 11) is -9.90. The van der Waals surface area contributed by atoms with Gasteiger partial charge in [-0.1, -0.05) is 318 Å². The van der Waals surface area contributed by atoms with Gasteiger partial charge in [-0.25, -0.2) is 9.13 Å². The van der Waals surface area contributed by atoms with Crippen LogP contribution in [-0.4, -0.2) is 96.7 Å². The monoisotopic (exact) mass is 1350 g/mol. The average Bonchev–Trinajstić information content (AvgIpc) is 1.75. The lowest BCUT2D eigenvalue weighted by Crippen LogP contribution is -2.30. The number of rotatable bonds is 71. The van der Waals surface area contributed by atoms with Gasteiger partial charge in [0.15, 0.2) is 12.2 Å². The number of hydrogen-bond acceptors (Lipinski definition) is 15. The zero-order valence-corrected chi connectivity index (χ0v) is 61.8. The molecule has 0 rings (SSSR count). The van der Waals surface area contributed by atoms with Crippen LogP contribution in [0.2, 0.25) is 0 Å². The van der Waals surface area contributed by atoms with Gasteiger partial charge in [-0.3, -0.25) is 37.3 Å². The average molecular weight is 1350 g/mol. The van der Waals surface area contributed by atoms with E-state index in [1.54, 1.807) is 0 Å². The maximum absolute atomic E-state index is 13.0. The van der Waals surface area contributed by atoms with Crippen molar-refractivity contribution in [2.45, 2.75) is 388 Å². The number of ether oxygens (including phenoxy) is 4. The van der Waals surface area contributed by atoms with Gasteiger partial charge < -0.3 is 33.8 Å². The predicted octanol–water partition coefficient (Wildman–Crippen LogP) is 21.0. The van der Waals surface area contributed by atoms with Crippen LogP contribution in [0.3, 0.4) is 0 Å². The fraction of sp³-hybridized carbons (Fsp3) is 0.945. The van der Waals surface area contributed by atoms with Crippen molar-refractivity contribution in [1.82, 2.24) is 0 Å². The van der Waals surface area contributed by atoms with Crippen molar-refractivity contribution in [2.24, 2.45) is 17.8 Å². The molecular formula is C73H142O17P2. The van der Waals surface area contributed by atoms with Crippen LogP contribution in [0.1, 0.15) is 370 Å². The van der Waals surface area contributed by atoms with Gasteiger partial charge in [0.2, 0.25) is 0 Å². The molecule has 92 heavy (non-hydrogen) atoms. The maximum Gasteiger partial charge on any atom is 0.472 e. The Morgan fingerprint density at radius 2 is 0.554 bits per heavy atom. The molecule has 0 fully saturated rings. The second-order valence-corrected chi connectivity index (χ2v) is 30.2. The normalized spacial score (nSPS) is 14.7. The Morgan fingerprint density at radius 3 is 0.826 bits per heavy atom. The molecule has 546 valence electrons. The number of aliphatic hydroxyl groups is 1. The van der Waals surface area contributed by atoms with Gasteiger partial charge in [0.1, 0.15) is 19.3 Å². The van der Waals surface area contributed by atoms with Crippen LogP contribution >= 0.6 is 15.6 Å². The van der Waals surface area contributed by atoms with Gasteiger partial charge in [0.05, 0.1) is 26.4 Å². The lowest BCUT2D eigenvalue weighted by atomic mass is 9.99. The fourth-order valence-electron chi connectivity index (χ4n) is 11.0. The molecule has 0 saturated heterocycles. The summed E-state index contributed by atoms with van der Waals surface area (Å²) in [6.07, 6.45) is 48.8. The van der Waals surface area contributed by atoms with Gasteiger partial charge >= 0.3 is 39.5 Å². The molecule has 7 atom stereocenters. The van der Waals surface area contributed by atoms with E-state index in [-0.39, 0.29) is 25.7 Å². The molecular weight excluding hydrogens is 1210 g/mol. The van der Waals surface area contributed by atoms with Crippen LogP contribution in [0, 0.1) is 17.8 Å². The fourth-order valence-corrected chi connectivity index (χ4v) is 12.6. The molecule has 0 heterocycles. The molecule has 0 aromatic heterocycles. The number of phosphoric ester groups is 2. The molecule has 0 spiro atoms. The summed E-state index contributed by atoms with van der Waals surface area (Å²) in [6.45, 7) is 11.8. The van der Waals surface area contributed by atoms with Crippen LogP contribution in [-0.2, 0) is 65.4 Å². The quantitative estimate of drug-likeness (QED) is 0.0222. The van der Waals surface area contributed by atoms with Crippen molar-refractivity contribution >= 4 is 39.5 Å². The highest BCUT2D eigenvalue weighted by molar-refractivity contribution is 7.47. The van der Waals surface area contributed by atoms with Gasteiger partial charge in [-0.05, 0) is 43.4 Å². The molecule has 19 heteroatoms. The van der Waals surface area contributed by atoms with Crippen molar-refractivity contribution in [3.63, 3.8) is 0 Å². The summed E-state index contributed by atoms with van der Waals surface area (Å²) < 4.78 is 68.3. The van der Waals surface area contributed by atoms with E-state index in [2.05, 4.69) is 48.5 Å². The van der Waals surface area contributed by atoms with E-state index in [1.165, 1.54) is 173 Å². The van der Waals surface area contributed by atoms with Crippen molar-refractivity contribution in [2.75, 3.05) is 39.6 Å². The highest BCUT2D eigenvalue weighted by Gasteiger charge is 2.30. The third-order valence-electron chi connectivity index (χ3n) is 17.6. The summed E-state index contributed by atoms with van der Waals surface area (Å²) in [4.78, 5) is 72.5. The van der Waals surface area contributed by atoms with Gasteiger partial charge in [-0.15, -0.1) is 0 Å². The standard InChI is InChI=1S/C73H142O17P2/c1-8-11-12-13-14-15-27-32-40-47-54-70(75)83-61-69(90-73(78)57-50-43-36-35-39-46-53-66(7)10-3)63-88-92(81,82)86-59-67(74)58-85-91(79,80)87-62-68(60-84-71(76)55-48-41-34-29-30-37-44-51-64(4)5)89-72(77)56-49-42-33-28-25-23-21-19-17-16-18-20-22-24-26-31-38-45-52-65(6)9-2/h64-69,74H,8-63H2,1-7H3,(H,79,80)(H,81,82)/t65?,66?,67-,68-,69-/m1/s1. The van der Waals surface area contributed by atoms with Crippen LogP contribution in [0.25, 0.3) is 0 Å². The first-order chi connectivity index (χ1) is 44.3. The van der Waals surface area contributed by atoms with Gasteiger partial charge in [-0.2, -0.15) is 0 Å². The van der Waals surface area contributed by atoms with Crippen molar-refractivity contribution in [3.8, 4) is 0 Å². The number of carbonyl (C=O) groups excluding carboxylic acids is 4. The summed E-state index contributed by atoms with van der Waals surface area (Å²) in [5.74, 6) is 0.169. The van der Waals surface area contributed by atoms with Crippen molar-refractivity contribution in [1.29, 1.82) is 0 Å². The number of esters is 4. The minimum atomic E-state index is -4.95. The Kier molecular flexibility index (Phi) is 62.4. The zero-order chi connectivity index (χ0) is 68.0. The minimum absolute atomic E-state index is 0.103. The van der Waals surface area contributed by atoms with E-state index in [1.807, 2.05) is 0 Å². The summed E-state index contributed by atoms with van der Waals surface area (Å²) in [5, 5.41) is 10.6. The Labute approximate surface area is 562 Å². The Balaban J connectivity index is 5.14. The van der Waals surface area contributed by atoms with Gasteiger partial charge in [0.25, 0.3) is 0 Å². The molecule has 4 unspecified atom stereocenters. The molecule has 0 amide bonds. The van der Waals surface area contributed by atoms with E-state index in [0.717, 1.165) is 108 Å². The number of aliphatic hydroxyl groups excluding tert-OH is 1. The van der Waals surface area contributed by atoms with E-state index in [4.69, 9.17) is 37.0 Å². The molecule has 0 radical (unpaired) electrons. The van der Waals surface area contributed by atoms with Crippen LogP contribution in [0.5, 0.6) is 0 Å². The summed E-state index contributed by atoms with van der Waals surface area (Å²) in [6, 6.07) is 0. The third kappa shape index (κ3) is 64.1. The Bertz CT molecular complexity index is 1810. The van der Waals surface area contributed by atoms with Crippen LogP contribution in [0.4, 0.5) is 0 Å². The largest absolute Gasteiger partial charge is 0.472 e. The maximum atomic E-state index is 13.0. The molecule has 0 bridgehead atoms. The minimum Gasteiger partial charge on any atom is -0.462 e. The molecule has 3 N–H and O–H groups in total. The first-order valence-electron chi connectivity index (χ1n) is 37.9. The summed E-state index contributed by atoms with van der Waals surface area (Å²) >= 11 is 0. The third-order valence-corrected chi connectivity index (χ3v) is 19.5. The van der Waals surface area contributed by atoms with E-state index < -0.39 is 97.5 Å². The number of phosphoric acid groups is 2. The van der Waals surface area contributed by atoms with E-state index in [0.29, 0.717) is 31.6 Å². The first kappa shape index (κ1) is 90.1. The molecule has 0 aromatic carbocycles. The molecule has 0 aliphatic carbocycles. The number of unbranched alkanes of at least 4 members (excludes halogenated alkanes) is 37. The second kappa shape index (κ2) is 63.8. The van der Waals surface area contributed by atoms with E-state index >= 15 is 0 Å². The lowest BCUT2D eigenvalue weighted by molar-refractivity contribution is -0.161. The Morgan fingerprint density at radius 1 is 0.315 bits per heavy atom.